The van der Waals surface area contributed by atoms with Crippen LogP contribution in [0.25, 0.3) is 22.2 Å². The smallest absolute Gasteiger partial charge is 0.257 e. The normalized spacial score (nSPS) is 11.0. The minimum absolute atomic E-state index is 0.310. The molecule has 2 heterocycles. The van der Waals surface area contributed by atoms with Gasteiger partial charge in [-0.3, -0.25) is 9.59 Å². The molecule has 0 saturated carbocycles. The third-order valence-electron chi connectivity index (χ3n) is 5.34. The van der Waals surface area contributed by atoms with Crippen LogP contribution in [0.2, 0.25) is 5.02 Å². The second kappa shape index (κ2) is 8.13. The summed E-state index contributed by atoms with van der Waals surface area (Å²) >= 11 is 7.38. The Labute approximate surface area is 188 Å². The molecule has 3 N–H and O–H groups in total. The lowest BCUT2D eigenvalue weighted by molar-refractivity contribution is 0.100. The summed E-state index contributed by atoms with van der Waals surface area (Å²) in [5.41, 5.74) is 10.2. The molecule has 0 saturated heterocycles. The van der Waals surface area contributed by atoms with Crippen LogP contribution < -0.4 is 11.1 Å². The molecule has 5 nitrogen and oxygen atoms in total. The minimum Gasteiger partial charge on any atom is -0.365 e. The average Bonchev–Trinajstić information content (AvgIpc) is 3.01. The number of thiophene rings is 1. The van der Waals surface area contributed by atoms with Crippen molar-refractivity contribution in [3.8, 4) is 11.3 Å². The van der Waals surface area contributed by atoms with E-state index in [-0.39, 0.29) is 5.91 Å². The Morgan fingerprint density at radius 1 is 0.968 bits per heavy atom. The summed E-state index contributed by atoms with van der Waals surface area (Å²) in [6, 6.07) is 14.9. The molecule has 0 spiro atoms. The Morgan fingerprint density at radius 2 is 1.65 bits per heavy atom. The van der Waals surface area contributed by atoms with Crippen molar-refractivity contribution in [3.63, 3.8) is 0 Å². The van der Waals surface area contributed by atoms with E-state index in [0.29, 0.717) is 32.4 Å². The molecule has 4 rings (SSSR count). The molecule has 0 fully saturated rings. The van der Waals surface area contributed by atoms with Gasteiger partial charge in [0.2, 0.25) is 0 Å². The van der Waals surface area contributed by atoms with Gasteiger partial charge in [-0.1, -0.05) is 41.9 Å². The number of aryl methyl sites for hydroxylation is 1. The van der Waals surface area contributed by atoms with Crippen molar-refractivity contribution in [3.05, 3.63) is 80.7 Å². The SMILES string of the molecule is Cc1sc(NC(=O)c2c(C)c(-c3ccc(Cl)cc3)nc3ccccc23)c(C(N)=O)c1C. The molecule has 0 aliphatic rings. The van der Waals surface area contributed by atoms with E-state index in [0.717, 1.165) is 27.0 Å². The van der Waals surface area contributed by atoms with Crippen molar-refractivity contribution in [2.75, 3.05) is 5.32 Å². The van der Waals surface area contributed by atoms with E-state index >= 15 is 0 Å². The van der Waals surface area contributed by atoms with E-state index < -0.39 is 5.91 Å². The van der Waals surface area contributed by atoms with Crippen molar-refractivity contribution < 1.29 is 9.59 Å². The maximum absolute atomic E-state index is 13.5. The molecule has 156 valence electrons. The lowest BCUT2D eigenvalue weighted by Gasteiger charge is -2.15. The second-order valence-electron chi connectivity index (χ2n) is 7.29. The Morgan fingerprint density at radius 3 is 2.32 bits per heavy atom. The highest BCUT2D eigenvalue weighted by molar-refractivity contribution is 7.16. The van der Waals surface area contributed by atoms with E-state index in [1.807, 2.05) is 57.2 Å². The number of carbonyl (C=O) groups excluding carboxylic acids is 2. The predicted octanol–water partition coefficient (Wildman–Crippen LogP) is 5.89. The van der Waals surface area contributed by atoms with Gasteiger partial charge in [0.15, 0.2) is 0 Å². The Bertz CT molecular complexity index is 1340. The second-order valence-corrected chi connectivity index (χ2v) is 8.95. The standard InChI is InChI=1S/C24H20ClN3O2S/c1-12-14(3)31-24(20(12)22(26)29)28-23(30)19-13(2)21(15-8-10-16(25)11-9-15)27-18-7-5-4-6-17(18)19/h4-11H,1-3H3,(H2,26,29)(H,28,30). The maximum atomic E-state index is 13.5. The highest BCUT2D eigenvalue weighted by Crippen LogP contribution is 2.34. The van der Waals surface area contributed by atoms with Gasteiger partial charge in [-0.15, -0.1) is 11.3 Å². The van der Waals surface area contributed by atoms with Crippen LogP contribution in [0.15, 0.2) is 48.5 Å². The molecule has 31 heavy (non-hydrogen) atoms. The summed E-state index contributed by atoms with van der Waals surface area (Å²) < 4.78 is 0. The van der Waals surface area contributed by atoms with E-state index in [1.54, 1.807) is 12.1 Å². The van der Waals surface area contributed by atoms with Crippen molar-refractivity contribution in [1.82, 2.24) is 4.98 Å². The van der Waals surface area contributed by atoms with Crippen molar-refractivity contribution >= 4 is 50.7 Å². The molecule has 7 heteroatoms. The molecular formula is C24H20ClN3O2S. The van der Waals surface area contributed by atoms with Crippen LogP contribution in [0.1, 0.15) is 36.7 Å². The Balaban J connectivity index is 1.88. The topological polar surface area (TPSA) is 85.1 Å². The number of pyridine rings is 1. The lowest BCUT2D eigenvalue weighted by Crippen LogP contribution is -2.19. The minimum atomic E-state index is -0.560. The number of rotatable bonds is 4. The quantitative estimate of drug-likeness (QED) is 0.407. The number of nitrogens with zero attached hydrogens (tertiary/aromatic N) is 1. The number of fused-ring (bicyclic) bond motifs is 1. The summed E-state index contributed by atoms with van der Waals surface area (Å²) in [5, 5.41) is 4.74. The summed E-state index contributed by atoms with van der Waals surface area (Å²) in [7, 11) is 0. The molecule has 2 aromatic heterocycles. The van der Waals surface area contributed by atoms with Gasteiger partial charge in [0.05, 0.1) is 22.3 Å². The molecule has 0 radical (unpaired) electrons. The summed E-state index contributed by atoms with van der Waals surface area (Å²) in [4.78, 5) is 31.2. The average molecular weight is 450 g/mol. The van der Waals surface area contributed by atoms with Crippen LogP contribution in [0.4, 0.5) is 5.00 Å². The van der Waals surface area contributed by atoms with Crippen LogP contribution in [0.3, 0.4) is 0 Å². The molecule has 0 unspecified atom stereocenters. The van der Waals surface area contributed by atoms with Crippen LogP contribution in [-0.2, 0) is 0 Å². The van der Waals surface area contributed by atoms with Gasteiger partial charge in [-0.05, 0) is 50.1 Å². The fourth-order valence-corrected chi connectivity index (χ4v) is 4.85. The van der Waals surface area contributed by atoms with Gasteiger partial charge >= 0.3 is 0 Å². The number of nitrogens with two attached hydrogens (primary N) is 1. The first kappa shape index (κ1) is 21.0. The summed E-state index contributed by atoms with van der Waals surface area (Å²) in [5.74, 6) is -0.870. The monoisotopic (exact) mass is 449 g/mol. The van der Waals surface area contributed by atoms with Crippen LogP contribution in [0.5, 0.6) is 0 Å². The van der Waals surface area contributed by atoms with Crippen molar-refractivity contribution in [2.45, 2.75) is 20.8 Å². The fourth-order valence-electron chi connectivity index (χ4n) is 3.67. The van der Waals surface area contributed by atoms with Gasteiger partial charge < -0.3 is 11.1 Å². The van der Waals surface area contributed by atoms with Gasteiger partial charge in [0.1, 0.15) is 5.00 Å². The van der Waals surface area contributed by atoms with Crippen LogP contribution >= 0.6 is 22.9 Å². The molecule has 2 aromatic carbocycles. The van der Waals surface area contributed by atoms with Gasteiger partial charge in [0.25, 0.3) is 11.8 Å². The molecular weight excluding hydrogens is 430 g/mol. The molecule has 0 bridgehead atoms. The number of primary amides is 1. The zero-order valence-electron chi connectivity index (χ0n) is 17.2. The van der Waals surface area contributed by atoms with Crippen molar-refractivity contribution in [2.24, 2.45) is 5.73 Å². The van der Waals surface area contributed by atoms with E-state index in [2.05, 4.69) is 5.32 Å². The number of para-hydroxylation sites is 1. The van der Waals surface area contributed by atoms with Crippen LogP contribution in [-0.4, -0.2) is 16.8 Å². The molecule has 2 amide bonds. The number of aromatic nitrogens is 1. The molecule has 0 aliphatic heterocycles. The number of carbonyl (C=O) groups is 2. The van der Waals surface area contributed by atoms with Gasteiger partial charge in [0, 0.05) is 20.8 Å². The highest BCUT2D eigenvalue weighted by Gasteiger charge is 2.23. The van der Waals surface area contributed by atoms with Gasteiger partial charge in [-0.2, -0.15) is 0 Å². The molecule has 4 aromatic rings. The number of amides is 2. The third kappa shape index (κ3) is 3.80. The fraction of sp³-hybridized carbons (Fsp3) is 0.125. The Hall–Kier alpha value is -3.22. The highest BCUT2D eigenvalue weighted by atomic mass is 35.5. The van der Waals surface area contributed by atoms with Gasteiger partial charge in [-0.25, -0.2) is 4.98 Å². The first-order valence-corrected chi connectivity index (χ1v) is 10.8. The summed E-state index contributed by atoms with van der Waals surface area (Å²) in [6.45, 7) is 5.60. The molecule has 0 aliphatic carbocycles. The van der Waals surface area contributed by atoms with E-state index in [9.17, 15) is 9.59 Å². The van der Waals surface area contributed by atoms with Crippen molar-refractivity contribution in [1.29, 1.82) is 0 Å². The molecule has 0 atom stereocenters. The zero-order chi connectivity index (χ0) is 22.3. The number of anilines is 1. The number of halogens is 1. The summed E-state index contributed by atoms with van der Waals surface area (Å²) in [6.07, 6.45) is 0. The zero-order valence-corrected chi connectivity index (χ0v) is 18.8. The predicted molar refractivity (Wildman–Crippen MR) is 127 cm³/mol. The lowest BCUT2D eigenvalue weighted by atomic mass is 9.97. The largest absolute Gasteiger partial charge is 0.365 e. The Kier molecular flexibility index (Phi) is 5.52. The number of hydrogen-bond donors (Lipinski definition) is 2. The van der Waals surface area contributed by atoms with E-state index in [1.165, 1.54) is 11.3 Å². The number of hydrogen-bond acceptors (Lipinski definition) is 4. The maximum Gasteiger partial charge on any atom is 0.257 e. The first-order valence-electron chi connectivity index (χ1n) is 9.64. The number of nitrogens with one attached hydrogen (secondary N) is 1. The first-order chi connectivity index (χ1) is 14.8. The number of benzene rings is 2. The third-order valence-corrected chi connectivity index (χ3v) is 6.71. The van der Waals surface area contributed by atoms with Crippen LogP contribution in [0, 0.1) is 20.8 Å². The van der Waals surface area contributed by atoms with E-state index in [4.69, 9.17) is 22.3 Å².